The number of aryl methyl sites for hydroxylation is 1. The first-order valence-corrected chi connectivity index (χ1v) is 7.78. The molecule has 0 aliphatic heterocycles. The molecule has 3 N–H and O–H groups in total. The second-order valence-corrected chi connectivity index (χ2v) is 6.43. The van der Waals surface area contributed by atoms with Crippen LogP contribution in [0.5, 0.6) is 0 Å². The Bertz CT molecular complexity index is 709. The first-order valence-electron chi connectivity index (χ1n) is 7.78. The molecule has 3 rings (SSSR count). The number of fused-ring (bicyclic) bond motifs is 1. The number of hydrogen-bond acceptors (Lipinski definition) is 5. The Hall–Kier alpha value is -1.66. The van der Waals surface area contributed by atoms with Crippen molar-refractivity contribution in [3.63, 3.8) is 0 Å². The normalized spacial score (nSPS) is 15.5. The van der Waals surface area contributed by atoms with Crippen molar-refractivity contribution >= 4 is 29.4 Å². The van der Waals surface area contributed by atoms with Crippen LogP contribution in [0.25, 0.3) is 11.1 Å². The average Bonchev–Trinajstić information content (AvgIpc) is 3.23. The molecule has 2 heterocycles. The van der Waals surface area contributed by atoms with Gasteiger partial charge in [0.2, 0.25) is 0 Å². The first kappa shape index (κ1) is 17.7. The minimum absolute atomic E-state index is 0. The number of aromatic nitrogens is 2. The van der Waals surface area contributed by atoms with Gasteiger partial charge in [0.15, 0.2) is 0 Å². The lowest BCUT2D eigenvalue weighted by Gasteiger charge is -2.12. The van der Waals surface area contributed by atoms with Crippen LogP contribution in [0, 0.1) is 12.8 Å². The predicted molar refractivity (Wildman–Crippen MR) is 90.9 cm³/mol. The maximum atomic E-state index is 12.6. The van der Waals surface area contributed by atoms with Crippen LogP contribution in [0.4, 0.5) is 0 Å². The number of nitrogens with zero attached hydrogens (tertiary/aromatic N) is 2. The van der Waals surface area contributed by atoms with E-state index in [4.69, 9.17) is 10.3 Å². The fourth-order valence-corrected chi connectivity index (χ4v) is 2.67. The lowest BCUT2D eigenvalue weighted by Crippen LogP contribution is -2.38. The molecular weight excluding hydrogens is 316 g/mol. The summed E-state index contributed by atoms with van der Waals surface area (Å²) in [4.78, 5) is 16.9. The second-order valence-electron chi connectivity index (χ2n) is 6.43. The third-order valence-corrected chi connectivity index (χ3v) is 4.12. The van der Waals surface area contributed by atoms with Gasteiger partial charge in [-0.1, -0.05) is 19.0 Å². The third kappa shape index (κ3) is 3.64. The Balaban J connectivity index is 0.00000192. The number of hydrogen-bond donors (Lipinski definition) is 2. The van der Waals surface area contributed by atoms with Crippen LogP contribution in [0.3, 0.4) is 0 Å². The molecule has 126 valence electrons. The summed E-state index contributed by atoms with van der Waals surface area (Å²) in [5, 5.41) is 7.71. The predicted octanol–water partition coefficient (Wildman–Crippen LogP) is 2.54. The molecule has 0 radical (unpaired) electrons. The van der Waals surface area contributed by atoms with Crippen LogP contribution in [0.1, 0.15) is 54.4 Å². The van der Waals surface area contributed by atoms with Gasteiger partial charge in [-0.25, -0.2) is 4.98 Å². The molecule has 0 spiro atoms. The maximum Gasteiger partial charge on any atom is 0.259 e. The van der Waals surface area contributed by atoms with Crippen molar-refractivity contribution in [3.05, 3.63) is 23.0 Å². The maximum absolute atomic E-state index is 12.6. The number of carbonyl (C=O) groups is 1. The lowest BCUT2D eigenvalue weighted by molar-refractivity contribution is 0.0951. The Morgan fingerprint density at radius 3 is 2.78 bits per heavy atom. The molecule has 1 saturated carbocycles. The van der Waals surface area contributed by atoms with Crippen molar-refractivity contribution in [2.75, 3.05) is 6.54 Å². The van der Waals surface area contributed by atoms with Crippen molar-refractivity contribution in [2.24, 2.45) is 11.7 Å². The van der Waals surface area contributed by atoms with Gasteiger partial charge in [0.1, 0.15) is 0 Å². The zero-order valence-corrected chi connectivity index (χ0v) is 14.4. The van der Waals surface area contributed by atoms with E-state index < -0.39 is 0 Å². The van der Waals surface area contributed by atoms with E-state index in [2.05, 4.69) is 15.5 Å². The van der Waals surface area contributed by atoms with E-state index in [0.717, 1.165) is 11.4 Å². The molecule has 1 fully saturated rings. The van der Waals surface area contributed by atoms with Crippen LogP contribution in [0.2, 0.25) is 0 Å². The highest BCUT2D eigenvalue weighted by Gasteiger charge is 2.29. The fraction of sp³-hybridized carbons (Fsp3) is 0.562. The summed E-state index contributed by atoms with van der Waals surface area (Å²) in [5.41, 5.74) is 8.53. The van der Waals surface area contributed by atoms with Crippen LogP contribution in [-0.4, -0.2) is 28.6 Å². The van der Waals surface area contributed by atoms with E-state index in [0.29, 0.717) is 29.1 Å². The Kier molecular flexibility index (Phi) is 5.26. The monoisotopic (exact) mass is 338 g/mol. The van der Waals surface area contributed by atoms with Crippen molar-refractivity contribution in [1.82, 2.24) is 15.5 Å². The molecule has 0 aromatic carbocycles. The summed E-state index contributed by atoms with van der Waals surface area (Å²) in [6.45, 7) is 6.36. The third-order valence-electron chi connectivity index (χ3n) is 4.12. The fourth-order valence-electron chi connectivity index (χ4n) is 2.67. The van der Waals surface area contributed by atoms with E-state index in [1.165, 1.54) is 12.8 Å². The molecule has 0 saturated heterocycles. The quantitative estimate of drug-likeness (QED) is 0.873. The van der Waals surface area contributed by atoms with E-state index in [-0.39, 0.29) is 30.3 Å². The number of nitrogens with two attached hydrogens (primary N) is 1. The number of pyridine rings is 1. The molecule has 0 bridgehead atoms. The minimum atomic E-state index is -0.142. The summed E-state index contributed by atoms with van der Waals surface area (Å²) < 4.78 is 5.29. The van der Waals surface area contributed by atoms with Crippen LogP contribution in [-0.2, 0) is 0 Å². The smallest absolute Gasteiger partial charge is 0.259 e. The summed E-state index contributed by atoms with van der Waals surface area (Å²) in [7, 11) is 0. The molecule has 1 amide bonds. The van der Waals surface area contributed by atoms with Crippen LogP contribution in [0.15, 0.2) is 10.6 Å². The Labute approximate surface area is 141 Å². The molecule has 1 aliphatic carbocycles. The average molecular weight is 339 g/mol. The molecular formula is C16H23ClN4O2. The van der Waals surface area contributed by atoms with Gasteiger partial charge in [0, 0.05) is 18.3 Å². The van der Waals surface area contributed by atoms with Crippen molar-refractivity contribution in [1.29, 1.82) is 0 Å². The number of rotatable bonds is 5. The van der Waals surface area contributed by atoms with Gasteiger partial charge in [0.05, 0.1) is 16.6 Å². The zero-order valence-electron chi connectivity index (χ0n) is 13.6. The number of carbonyl (C=O) groups excluding carboxylic acids is 1. The molecule has 1 atom stereocenters. The van der Waals surface area contributed by atoms with Crippen molar-refractivity contribution < 1.29 is 9.32 Å². The van der Waals surface area contributed by atoms with E-state index in [1.807, 2.05) is 20.8 Å². The SMILES string of the molecule is Cc1cc(C(=O)NCC(N)C2CC2)c2c(C(C)C)noc2n1.Cl. The van der Waals surface area contributed by atoms with E-state index >= 15 is 0 Å². The summed E-state index contributed by atoms with van der Waals surface area (Å²) in [5.74, 6) is 0.573. The standard InChI is InChI=1S/C16H22N4O2.ClH/c1-8(2)14-13-11(6-9(3)19-16(13)22-20-14)15(21)18-7-12(17)10-4-5-10;/h6,8,10,12H,4-5,7,17H2,1-3H3,(H,18,21);1H. The van der Waals surface area contributed by atoms with Gasteiger partial charge in [-0.05, 0) is 37.7 Å². The lowest BCUT2D eigenvalue weighted by atomic mass is 10.0. The van der Waals surface area contributed by atoms with Crippen molar-refractivity contribution in [2.45, 2.75) is 45.6 Å². The van der Waals surface area contributed by atoms with Crippen molar-refractivity contribution in [3.8, 4) is 0 Å². The van der Waals surface area contributed by atoms with Crippen LogP contribution >= 0.6 is 12.4 Å². The van der Waals surface area contributed by atoms with Gasteiger partial charge < -0.3 is 15.6 Å². The highest BCUT2D eigenvalue weighted by molar-refractivity contribution is 6.06. The van der Waals surface area contributed by atoms with Gasteiger partial charge in [-0.3, -0.25) is 4.79 Å². The molecule has 1 aliphatic rings. The highest BCUT2D eigenvalue weighted by Crippen LogP contribution is 2.31. The molecule has 7 heteroatoms. The molecule has 2 aromatic rings. The summed E-state index contributed by atoms with van der Waals surface area (Å²) in [6, 6.07) is 1.82. The minimum Gasteiger partial charge on any atom is -0.350 e. The Morgan fingerprint density at radius 2 is 2.17 bits per heavy atom. The topological polar surface area (TPSA) is 94.0 Å². The van der Waals surface area contributed by atoms with Gasteiger partial charge in [-0.2, -0.15) is 0 Å². The molecule has 23 heavy (non-hydrogen) atoms. The largest absolute Gasteiger partial charge is 0.350 e. The first-order chi connectivity index (χ1) is 10.5. The zero-order chi connectivity index (χ0) is 15.9. The number of amides is 1. The van der Waals surface area contributed by atoms with E-state index in [9.17, 15) is 4.79 Å². The summed E-state index contributed by atoms with van der Waals surface area (Å²) >= 11 is 0. The van der Waals surface area contributed by atoms with Crippen LogP contribution < -0.4 is 11.1 Å². The number of halogens is 1. The summed E-state index contributed by atoms with van der Waals surface area (Å²) in [6.07, 6.45) is 2.33. The van der Waals surface area contributed by atoms with Gasteiger partial charge in [0.25, 0.3) is 11.6 Å². The van der Waals surface area contributed by atoms with Gasteiger partial charge in [-0.15, -0.1) is 12.4 Å². The molecule has 1 unspecified atom stereocenters. The van der Waals surface area contributed by atoms with Gasteiger partial charge >= 0.3 is 0 Å². The molecule has 6 nitrogen and oxygen atoms in total. The highest BCUT2D eigenvalue weighted by atomic mass is 35.5. The van der Waals surface area contributed by atoms with E-state index in [1.54, 1.807) is 6.07 Å². The second kappa shape index (κ2) is 6.84. The molecule has 2 aromatic heterocycles. The Morgan fingerprint density at radius 1 is 1.48 bits per heavy atom. The number of nitrogens with one attached hydrogen (secondary N) is 1.